The molecule has 3 heterocycles. The second kappa shape index (κ2) is 9.96. The quantitative estimate of drug-likeness (QED) is 0.703. The van der Waals surface area contributed by atoms with E-state index in [4.69, 9.17) is 9.47 Å². The van der Waals surface area contributed by atoms with Crippen LogP contribution in [0.2, 0.25) is 0 Å². The molecule has 8 nitrogen and oxygen atoms in total. The van der Waals surface area contributed by atoms with E-state index in [2.05, 4.69) is 26.7 Å². The van der Waals surface area contributed by atoms with Gasteiger partial charge in [0.1, 0.15) is 17.6 Å². The highest BCUT2D eigenvalue weighted by Crippen LogP contribution is 2.29. The number of amides is 1. The Morgan fingerprint density at radius 3 is 2.68 bits per heavy atom. The zero-order valence-corrected chi connectivity index (χ0v) is 18.4. The Morgan fingerprint density at radius 2 is 1.97 bits per heavy atom. The summed E-state index contributed by atoms with van der Waals surface area (Å²) in [7, 11) is 1.67. The van der Waals surface area contributed by atoms with Gasteiger partial charge in [-0.2, -0.15) is 0 Å². The molecule has 2 aliphatic heterocycles. The van der Waals surface area contributed by atoms with Gasteiger partial charge in [0.05, 0.1) is 7.11 Å². The van der Waals surface area contributed by atoms with Crippen LogP contribution in [0, 0.1) is 0 Å². The first-order chi connectivity index (χ1) is 15.2. The summed E-state index contributed by atoms with van der Waals surface area (Å²) in [5.41, 5.74) is 1.11. The Kier molecular flexibility index (Phi) is 6.86. The summed E-state index contributed by atoms with van der Waals surface area (Å²) in [6.45, 7) is 7.37. The van der Waals surface area contributed by atoms with Crippen molar-refractivity contribution in [3.63, 3.8) is 0 Å². The topological polar surface area (TPSA) is 71.0 Å². The first kappa shape index (κ1) is 21.4. The molecule has 2 aromatic rings. The number of rotatable bonds is 6. The highest BCUT2D eigenvalue weighted by atomic mass is 16.5. The first-order valence-electron chi connectivity index (χ1n) is 11.0. The van der Waals surface area contributed by atoms with Crippen molar-refractivity contribution in [2.24, 2.45) is 0 Å². The van der Waals surface area contributed by atoms with E-state index in [9.17, 15) is 4.79 Å². The predicted molar refractivity (Wildman–Crippen MR) is 118 cm³/mol. The van der Waals surface area contributed by atoms with Gasteiger partial charge in [0, 0.05) is 70.2 Å². The minimum absolute atomic E-state index is 0.124. The van der Waals surface area contributed by atoms with Crippen LogP contribution in [0.5, 0.6) is 11.5 Å². The van der Waals surface area contributed by atoms with Gasteiger partial charge in [-0.05, 0) is 30.7 Å². The average Bonchev–Trinajstić information content (AvgIpc) is 3.01. The lowest BCUT2D eigenvalue weighted by atomic mass is 10.1. The monoisotopic (exact) mass is 425 g/mol. The fraction of sp³-hybridized carbons (Fsp3) is 0.522. The van der Waals surface area contributed by atoms with Gasteiger partial charge in [0.2, 0.25) is 11.9 Å². The van der Waals surface area contributed by atoms with E-state index < -0.39 is 0 Å². The average molecular weight is 426 g/mol. The van der Waals surface area contributed by atoms with Gasteiger partial charge in [-0.15, -0.1) is 0 Å². The molecule has 0 spiro atoms. The van der Waals surface area contributed by atoms with Crippen molar-refractivity contribution in [3.8, 4) is 11.5 Å². The number of nitrogens with zero attached hydrogens (tertiary/aromatic N) is 5. The van der Waals surface area contributed by atoms with Crippen molar-refractivity contribution >= 4 is 11.9 Å². The summed E-state index contributed by atoms with van der Waals surface area (Å²) >= 11 is 0. The van der Waals surface area contributed by atoms with Crippen molar-refractivity contribution in [1.82, 2.24) is 19.8 Å². The molecule has 1 saturated heterocycles. The van der Waals surface area contributed by atoms with Crippen molar-refractivity contribution < 1.29 is 14.3 Å². The Balaban J connectivity index is 1.32. The normalized spacial score (nSPS) is 19.4. The number of benzene rings is 1. The molecule has 1 amide bonds. The van der Waals surface area contributed by atoms with Gasteiger partial charge in [-0.3, -0.25) is 9.69 Å². The van der Waals surface area contributed by atoms with Gasteiger partial charge in [0.15, 0.2) is 0 Å². The third kappa shape index (κ3) is 5.25. The maximum Gasteiger partial charge on any atom is 0.225 e. The van der Waals surface area contributed by atoms with E-state index in [0.29, 0.717) is 19.5 Å². The molecule has 1 unspecified atom stereocenters. The van der Waals surface area contributed by atoms with E-state index in [1.165, 1.54) is 0 Å². The maximum absolute atomic E-state index is 12.9. The summed E-state index contributed by atoms with van der Waals surface area (Å²) in [5, 5.41) is 0. The molecule has 0 N–H and O–H groups in total. The maximum atomic E-state index is 12.9. The van der Waals surface area contributed by atoms with E-state index in [-0.39, 0.29) is 12.0 Å². The van der Waals surface area contributed by atoms with Crippen LogP contribution in [-0.2, 0) is 11.3 Å². The molecule has 0 radical (unpaired) electrons. The second-order valence-corrected chi connectivity index (χ2v) is 8.02. The molecular weight excluding hydrogens is 394 g/mol. The Labute approximate surface area is 183 Å². The predicted octanol–water partition coefficient (Wildman–Crippen LogP) is 2.20. The van der Waals surface area contributed by atoms with Crippen molar-refractivity contribution in [3.05, 3.63) is 42.2 Å². The number of piperazine rings is 1. The number of aromatic nitrogens is 2. The van der Waals surface area contributed by atoms with E-state index in [1.54, 1.807) is 19.5 Å². The number of anilines is 1. The van der Waals surface area contributed by atoms with Gasteiger partial charge in [-0.25, -0.2) is 9.97 Å². The molecule has 0 bridgehead atoms. The molecule has 1 fully saturated rings. The third-order valence-corrected chi connectivity index (χ3v) is 5.98. The molecule has 166 valence electrons. The van der Waals surface area contributed by atoms with Crippen LogP contribution < -0.4 is 14.4 Å². The minimum atomic E-state index is 0.124. The number of methoxy groups -OCH3 is 1. The van der Waals surface area contributed by atoms with E-state index in [1.807, 2.05) is 29.2 Å². The third-order valence-electron chi connectivity index (χ3n) is 5.98. The van der Waals surface area contributed by atoms with Crippen molar-refractivity contribution in [1.29, 1.82) is 0 Å². The molecule has 0 saturated carbocycles. The molecule has 1 aromatic heterocycles. The number of hydrogen-bond donors (Lipinski definition) is 0. The number of fused-ring (bicyclic) bond motifs is 1. The molecule has 31 heavy (non-hydrogen) atoms. The van der Waals surface area contributed by atoms with Crippen LogP contribution in [-0.4, -0.2) is 78.2 Å². The Bertz CT molecular complexity index is 871. The van der Waals surface area contributed by atoms with Crippen molar-refractivity contribution in [2.75, 3.05) is 51.3 Å². The lowest BCUT2D eigenvalue weighted by molar-refractivity contribution is -0.131. The summed E-state index contributed by atoms with van der Waals surface area (Å²) in [6.07, 6.45) is 5.07. The van der Waals surface area contributed by atoms with Gasteiger partial charge in [-0.1, -0.05) is 6.92 Å². The molecule has 2 aliphatic rings. The van der Waals surface area contributed by atoms with Crippen LogP contribution in [0.3, 0.4) is 0 Å². The van der Waals surface area contributed by atoms with Crippen LogP contribution in [0.1, 0.15) is 25.3 Å². The van der Waals surface area contributed by atoms with Crippen molar-refractivity contribution in [2.45, 2.75) is 32.4 Å². The van der Waals surface area contributed by atoms with Crippen LogP contribution in [0.15, 0.2) is 36.7 Å². The van der Waals surface area contributed by atoms with Gasteiger partial charge < -0.3 is 19.3 Å². The fourth-order valence-corrected chi connectivity index (χ4v) is 4.14. The summed E-state index contributed by atoms with van der Waals surface area (Å²) in [4.78, 5) is 27.9. The largest absolute Gasteiger partial charge is 0.497 e. The van der Waals surface area contributed by atoms with Crippen LogP contribution in [0.25, 0.3) is 0 Å². The molecular formula is C23H31N5O3. The SMILES string of the molecule is CCC1CN(CCC(=O)N2CCN(c3ncccn3)CC2)Cc2cc(OC)ccc2O1. The number of carbonyl (C=O) groups is 1. The zero-order valence-electron chi connectivity index (χ0n) is 18.4. The summed E-state index contributed by atoms with van der Waals surface area (Å²) in [6, 6.07) is 7.77. The van der Waals surface area contributed by atoms with E-state index in [0.717, 1.165) is 62.2 Å². The lowest BCUT2D eigenvalue weighted by Crippen LogP contribution is -2.49. The second-order valence-electron chi connectivity index (χ2n) is 8.02. The number of carbonyl (C=O) groups excluding carboxylic acids is 1. The van der Waals surface area contributed by atoms with Crippen LogP contribution >= 0.6 is 0 Å². The fourth-order valence-electron chi connectivity index (χ4n) is 4.14. The van der Waals surface area contributed by atoms with Gasteiger partial charge in [0.25, 0.3) is 0 Å². The molecule has 8 heteroatoms. The standard InChI is InChI=1S/C23H31N5O3/c1-3-19-17-26(16-18-15-20(30-2)5-6-21(18)31-19)10-7-22(29)27-11-13-28(14-12-27)23-24-8-4-9-25-23/h4-6,8-9,15,19H,3,7,10-14,16-17H2,1-2H3. The Hall–Kier alpha value is -2.87. The summed E-state index contributed by atoms with van der Waals surface area (Å²) in [5.74, 6) is 2.69. The molecule has 0 aliphatic carbocycles. The minimum Gasteiger partial charge on any atom is -0.497 e. The number of ether oxygens (including phenoxy) is 2. The van der Waals surface area contributed by atoms with Crippen LogP contribution in [0.4, 0.5) is 5.95 Å². The van der Waals surface area contributed by atoms with E-state index >= 15 is 0 Å². The summed E-state index contributed by atoms with van der Waals surface area (Å²) < 4.78 is 11.6. The molecule has 1 aromatic carbocycles. The Morgan fingerprint density at radius 1 is 1.19 bits per heavy atom. The first-order valence-corrected chi connectivity index (χ1v) is 11.0. The molecule has 1 atom stereocenters. The lowest BCUT2D eigenvalue weighted by Gasteiger charge is -2.35. The zero-order chi connectivity index (χ0) is 21.6. The highest BCUT2D eigenvalue weighted by molar-refractivity contribution is 5.76. The van der Waals surface area contributed by atoms with Gasteiger partial charge >= 0.3 is 0 Å². The highest BCUT2D eigenvalue weighted by Gasteiger charge is 2.25. The smallest absolute Gasteiger partial charge is 0.225 e. The number of hydrogen-bond acceptors (Lipinski definition) is 7. The molecule has 4 rings (SSSR count).